The Kier molecular flexibility index (Phi) is 6.66. The lowest BCUT2D eigenvalue weighted by Crippen LogP contribution is -2.34. The fraction of sp³-hybridized carbons (Fsp3) is 0.195. The predicted octanol–water partition coefficient (Wildman–Crippen LogP) is 10.4. The number of para-hydroxylation sites is 2. The highest BCUT2D eigenvalue weighted by Crippen LogP contribution is 2.50. The highest BCUT2D eigenvalue weighted by atomic mass is 15.2. The SMILES string of the molecule is C=C(CC)[n+]1c(-c2cc3c(cc2CCC)C(C)(C)c2ccccc2-3)n(-c2ccc(-c3ccccc3)cc2)c2ccccc21. The van der Waals surface area contributed by atoms with Gasteiger partial charge in [-0.3, -0.25) is 0 Å². The second-order valence-corrected chi connectivity index (χ2v) is 12.3. The first kappa shape index (κ1) is 27.2. The van der Waals surface area contributed by atoms with Crippen LogP contribution in [-0.4, -0.2) is 4.57 Å². The molecule has 1 aromatic heterocycles. The number of imidazole rings is 1. The predicted molar refractivity (Wildman–Crippen MR) is 182 cm³/mol. The normalized spacial score (nSPS) is 13.2. The zero-order valence-corrected chi connectivity index (χ0v) is 25.7. The highest BCUT2D eigenvalue weighted by molar-refractivity contribution is 5.87. The molecule has 6 aromatic rings. The van der Waals surface area contributed by atoms with Gasteiger partial charge in [0.15, 0.2) is 11.0 Å². The average Bonchev–Trinajstić information content (AvgIpc) is 3.50. The number of hydrogen-bond donors (Lipinski definition) is 0. The highest BCUT2D eigenvalue weighted by Gasteiger charge is 2.38. The topological polar surface area (TPSA) is 8.81 Å². The van der Waals surface area contributed by atoms with Gasteiger partial charge < -0.3 is 0 Å². The number of rotatable bonds is 7. The van der Waals surface area contributed by atoms with Crippen LogP contribution < -0.4 is 4.57 Å². The van der Waals surface area contributed by atoms with Crippen molar-refractivity contribution < 1.29 is 4.57 Å². The quantitative estimate of drug-likeness (QED) is 0.172. The fourth-order valence-corrected chi connectivity index (χ4v) is 7.06. The van der Waals surface area contributed by atoms with E-state index < -0.39 is 0 Å². The van der Waals surface area contributed by atoms with Crippen molar-refractivity contribution in [3.05, 3.63) is 139 Å². The molecule has 7 rings (SSSR count). The van der Waals surface area contributed by atoms with E-state index in [4.69, 9.17) is 0 Å². The van der Waals surface area contributed by atoms with Crippen molar-refractivity contribution in [3.8, 4) is 39.3 Å². The molecule has 0 unspecified atom stereocenters. The number of hydrogen-bond acceptors (Lipinski definition) is 0. The Morgan fingerprint density at radius 1 is 0.698 bits per heavy atom. The van der Waals surface area contributed by atoms with Crippen molar-refractivity contribution in [2.75, 3.05) is 0 Å². The molecule has 212 valence electrons. The molecule has 0 amide bonds. The van der Waals surface area contributed by atoms with Gasteiger partial charge in [-0.2, -0.15) is 9.13 Å². The number of fused-ring (bicyclic) bond motifs is 4. The Bertz CT molecular complexity index is 1990. The Labute approximate surface area is 255 Å². The van der Waals surface area contributed by atoms with Gasteiger partial charge in [0.05, 0.1) is 5.56 Å². The Balaban J connectivity index is 1.55. The van der Waals surface area contributed by atoms with Crippen LogP contribution in [0.25, 0.3) is 56.1 Å². The second-order valence-electron chi connectivity index (χ2n) is 12.3. The summed E-state index contributed by atoms with van der Waals surface area (Å²) in [4.78, 5) is 0. The van der Waals surface area contributed by atoms with Gasteiger partial charge >= 0.3 is 0 Å². The first-order valence-corrected chi connectivity index (χ1v) is 15.6. The lowest BCUT2D eigenvalue weighted by atomic mass is 9.81. The van der Waals surface area contributed by atoms with Crippen molar-refractivity contribution in [3.63, 3.8) is 0 Å². The fourth-order valence-electron chi connectivity index (χ4n) is 7.06. The molecule has 0 radical (unpaired) electrons. The van der Waals surface area contributed by atoms with Crippen LogP contribution in [0, 0.1) is 0 Å². The van der Waals surface area contributed by atoms with Crippen LogP contribution in [0.4, 0.5) is 0 Å². The molecule has 0 N–H and O–H groups in total. The average molecular weight is 560 g/mol. The monoisotopic (exact) mass is 559 g/mol. The van der Waals surface area contributed by atoms with Crippen LogP contribution in [0.15, 0.2) is 122 Å². The molecule has 0 aliphatic heterocycles. The number of aryl methyl sites for hydroxylation is 1. The number of benzene rings is 5. The van der Waals surface area contributed by atoms with E-state index in [2.05, 4.69) is 159 Å². The Hall–Kier alpha value is -4.69. The molecular weight excluding hydrogens is 520 g/mol. The molecule has 43 heavy (non-hydrogen) atoms. The van der Waals surface area contributed by atoms with Gasteiger partial charge in [0.2, 0.25) is 0 Å². The zero-order valence-electron chi connectivity index (χ0n) is 25.7. The summed E-state index contributed by atoms with van der Waals surface area (Å²) in [5.74, 6) is 1.17. The zero-order chi connectivity index (χ0) is 29.7. The molecule has 2 heteroatoms. The van der Waals surface area contributed by atoms with Gasteiger partial charge in [0, 0.05) is 11.8 Å². The molecule has 0 saturated carbocycles. The van der Waals surface area contributed by atoms with E-state index in [-0.39, 0.29) is 5.41 Å². The summed E-state index contributed by atoms with van der Waals surface area (Å²) in [6.07, 6.45) is 2.96. The first-order valence-electron chi connectivity index (χ1n) is 15.6. The minimum atomic E-state index is -0.0318. The summed E-state index contributed by atoms with van der Waals surface area (Å²) < 4.78 is 4.87. The van der Waals surface area contributed by atoms with Crippen LogP contribution >= 0.6 is 0 Å². The maximum atomic E-state index is 4.60. The van der Waals surface area contributed by atoms with Crippen LogP contribution in [0.3, 0.4) is 0 Å². The van der Waals surface area contributed by atoms with Crippen molar-refractivity contribution in [2.45, 2.75) is 52.4 Å². The maximum absolute atomic E-state index is 4.60. The molecule has 0 spiro atoms. The first-order chi connectivity index (χ1) is 20.9. The summed E-state index contributed by atoms with van der Waals surface area (Å²) in [6.45, 7) is 13.8. The minimum absolute atomic E-state index is 0.0318. The third kappa shape index (κ3) is 4.28. The molecule has 0 saturated heterocycles. The van der Waals surface area contributed by atoms with Gasteiger partial charge in [-0.1, -0.05) is 126 Å². The van der Waals surface area contributed by atoms with Crippen molar-refractivity contribution >= 4 is 16.7 Å². The summed E-state index contributed by atoms with van der Waals surface area (Å²) in [5.41, 5.74) is 15.2. The second kappa shape index (κ2) is 10.5. The summed E-state index contributed by atoms with van der Waals surface area (Å²) in [6, 6.07) is 42.3. The number of allylic oxidation sites excluding steroid dienone is 1. The maximum Gasteiger partial charge on any atom is 0.300 e. The van der Waals surface area contributed by atoms with Crippen molar-refractivity contribution in [2.24, 2.45) is 0 Å². The van der Waals surface area contributed by atoms with E-state index in [0.717, 1.165) is 30.6 Å². The largest absolute Gasteiger partial charge is 0.300 e. The molecular formula is C41H39N2+. The third-order valence-corrected chi connectivity index (χ3v) is 9.31. The number of nitrogens with zero attached hydrogens (tertiary/aromatic N) is 2. The standard InChI is InChI=1S/C41H39N2/c1-6-15-31-26-37-35(33-18-11-12-19-36(33)41(37,4)5)27-34(31)40-42(28(3)7-2)38-20-13-14-21-39(38)43(40)32-24-22-30(23-25-32)29-16-9-8-10-17-29/h8-14,16-27H,3,6-7,15H2,1-2,4-5H3/q+1. The van der Waals surface area contributed by atoms with E-state index in [0.29, 0.717) is 0 Å². The summed E-state index contributed by atoms with van der Waals surface area (Å²) >= 11 is 0. The molecule has 0 fully saturated rings. The lowest BCUT2D eigenvalue weighted by molar-refractivity contribution is -0.542. The van der Waals surface area contributed by atoms with Gasteiger partial charge in [0.1, 0.15) is 11.4 Å². The van der Waals surface area contributed by atoms with E-state index >= 15 is 0 Å². The van der Waals surface area contributed by atoms with E-state index in [1.54, 1.807) is 0 Å². The van der Waals surface area contributed by atoms with Gasteiger partial charge in [0.25, 0.3) is 5.82 Å². The van der Waals surface area contributed by atoms with Crippen LogP contribution in [-0.2, 0) is 11.8 Å². The van der Waals surface area contributed by atoms with E-state index in [9.17, 15) is 0 Å². The van der Waals surface area contributed by atoms with Crippen LogP contribution in [0.2, 0.25) is 0 Å². The molecule has 1 aliphatic rings. The van der Waals surface area contributed by atoms with E-state index in [1.165, 1.54) is 61.4 Å². The lowest BCUT2D eigenvalue weighted by Gasteiger charge is -2.22. The molecule has 5 aromatic carbocycles. The van der Waals surface area contributed by atoms with Crippen molar-refractivity contribution in [1.82, 2.24) is 4.57 Å². The molecule has 0 bridgehead atoms. The third-order valence-electron chi connectivity index (χ3n) is 9.31. The van der Waals surface area contributed by atoms with Crippen LogP contribution in [0.5, 0.6) is 0 Å². The van der Waals surface area contributed by atoms with E-state index in [1.807, 2.05) is 0 Å². The summed E-state index contributed by atoms with van der Waals surface area (Å²) in [5, 5.41) is 0. The Morgan fingerprint density at radius 3 is 2.12 bits per heavy atom. The molecule has 0 atom stereocenters. The molecule has 1 heterocycles. The minimum Gasteiger partial charge on any atom is -0.192 e. The smallest absolute Gasteiger partial charge is 0.192 e. The van der Waals surface area contributed by atoms with Crippen molar-refractivity contribution in [1.29, 1.82) is 0 Å². The van der Waals surface area contributed by atoms with Gasteiger partial charge in [-0.05, 0) is 75.7 Å². The van der Waals surface area contributed by atoms with Crippen LogP contribution in [0.1, 0.15) is 57.2 Å². The van der Waals surface area contributed by atoms with Gasteiger partial charge in [-0.15, -0.1) is 0 Å². The molecule has 1 aliphatic carbocycles. The summed E-state index contributed by atoms with van der Waals surface area (Å²) in [7, 11) is 0. The Morgan fingerprint density at radius 2 is 1.37 bits per heavy atom. The molecule has 2 nitrogen and oxygen atoms in total. The number of aromatic nitrogens is 2. The van der Waals surface area contributed by atoms with Gasteiger partial charge in [-0.25, -0.2) is 0 Å².